The van der Waals surface area contributed by atoms with Gasteiger partial charge in [-0.3, -0.25) is 19.7 Å². The van der Waals surface area contributed by atoms with E-state index in [1.165, 1.54) is 28.0 Å². The summed E-state index contributed by atoms with van der Waals surface area (Å²) in [5, 5.41) is 13.3. The van der Waals surface area contributed by atoms with Gasteiger partial charge in [-0.2, -0.15) is 0 Å². The highest BCUT2D eigenvalue weighted by molar-refractivity contribution is 7.10. The van der Waals surface area contributed by atoms with Crippen molar-refractivity contribution in [3.63, 3.8) is 0 Å². The minimum absolute atomic E-state index is 0.105. The van der Waals surface area contributed by atoms with Crippen molar-refractivity contribution in [3.8, 4) is 5.75 Å². The normalized spacial score (nSPS) is 14.9. The zero-order valence-corrected chi connectivity index (χ0v) is 21.4. The summed E-state index contributed by atoms with van der Waals surface area (Å²) in [6, 6.07) is 15.2. The number of rotatable bonds is 8. The summed E-state index contributed by atoms with van der Waals surface area (Å²) in [7, 11) is 1.62. The Hall–Kier alpha value is -3.72. The molecule has 1 aromatic heterocycles. The average molecular weight is 508 g/mol. The number of methoxy groups -OCH3 is 1. The number of nitro groups is 1. The number of carbonyl (C=O) groups excluding carboxylic acids is 2. The van der Waals surface area contributed by atoms with Crippen LogP contribution in [0.1, 0.15) is 46.3 Å². The molecule has 0 radical (unpaired) electrons. The van der Waals surface area contributed by atoms with Crippen molar-refractivity contribution in [2.45, 2.75) is 26.3 Å². The third kappa shape index (κ3) is 5.41. The fraction of sp³-hybridized carbons (Fsp3) is 0.333. The molecular formula is C27H29N3O5S. The number of amides is 2. The molecule has 36 heavy (non-hydrogen) atoms. The molecule has 0 fully saturated rings. The molecule has 3 aromatic rings. The highest BCUT2D eigenvalue weighted by Crippen LogP contribution is 2.38. The predicted molar refractivity (Wildman–Crippen MR) is 138 cm³/mol. The average Bonchev–Trinajstić information content (AvgIpc) is 3.36. The smallest absolute Gasteiger partial charge is 0.270 e. The second-order valence-electron chi connectivity index (χ2n) is 9.20. The van der Waals surface area contributed by atoms with Crippen LogP contribution in [0, 0.1) is 16.0 Å². The van der Waals surface area contributed by atoms with Crippen molar-refractivity contribution >= 4 is 28.8 Å². The highest BCUT2D eigenvalue weighted by Gasteiger charge is 2.34. The lowest BCUT2D eigenvalue weighted by Gasteiger charge is -2.38. The van der Waals surface area contributed by atoms with Gasteiger partial charge in [0.2, 0.25) is 5.91 Å². The Kier molecular flexibility index (Phi) is 7.69. The van der Waals surface area contributed by atoms with Gasteiger partial charge < -0.3 is 14.5 Å². The van der Waals surface area contributed by atoms with Crippen LogP contribution in [0.15, 0.2) is 60.0 Å². The summed E-state index contributed by atoms with van der Waals surface area (Å²) in [6.07, 6.45) is 0.758. The maximum atomic E-state index is 13.7. The van der Waals surface area contributed by atoms with Crippen LogP contribution in [0.25, 0.3) is 0 Å². The second-order valence-corrected chi connectivity index (χ2v) is 10.2. The SMILES string of the molecule is COc1ccc(C2c3ccsc3CCN2C(=O)CN(CC(C)C)C(=O)c2cccc([N+](=O)[O-])c2)cc1. The molecule has 0 saturated carbocycles. The Labute approximate surface area is 214 Å². The van der Waals surface area contributed by atoms with E-state index in [9.17, 15) is 19.7 Å². The first kappa shape index (κ1) is 25.4. The van der Waals surface area contributed by atoms with Gasteiger partial charge in [-0.25, -0.2) is 0 Å². The van der Waals surface area contributed by atoms with Crippen LogP contribution in [0.5, 0.6) is 5.75 Å². The van der Waals surface area contributed by atoms with Crippen LogP contribution in [0.3, 0.4) is 0 Å². The number of fused-ring (bicyclic) bond motifs is 1. The second kappa shape index (κ2) is 10.9. The van der Waals surface area contributed by atoms with Crippen molar-refractivity contribution in [3.05, 3.63) is 91.7 Å². The van der Waals surface area contributed by atoms with E-state index >= 15 is 0 Å². The zero-order valence-electron chi connectivity index (χ0n) is 20.5. The predicted octanol–water partition coefficient (Wildman–Crippen LogP) is 4.94. The number of carbonyl (C=O) groups is 2. The third-order valence-corrected chi connectivity index (χ3v) is 7.22. The van der Waals surface area contributed by atoms with Gasteiger partial charge in [0.05, 0.1) is 18.1 Å². The quantitative estimate of drug-likeness (QED) is 0.318. The number of hydrogen-bond donors (Lipinski definition) is 0. The fourth-order valence-corrected chi connectivity index (χ4v) is 5.48. The van der Waals surface area contributed by atoms with Crippen molar-refractivity contribution in [2.75, 3.05) is 26.7 Å². The first-order chi connectivity index (χ1) is 17.3. The number of non-ortho nitro benzene ring substituents is 1. The summed E-state index contributed by atoms with van der Waals surface area (Å²) in [6.45, 7) is 4.74. The van der Waals surface area contributed by atoms with Crippen molar-refractivity contribution in [2.24, 2.45) is 5.92 Å². The van der Waals surface area contributed by atoms with Crippen LogP contribution < -0.4 is 4.74 Å². The number of nitro benzene ring substituents is 1. The zero-order chi connectivity index (χ0) is 25.8. The largest absolute Gasteiger partial charge is 0.497 e. The Morgan fingerprint density at radius 1 is 1.19 bits per heavy atom. The number of nitrogens with zero attached hydrogens (tertiary/aromatic N) is 3. The Morgan fingerprint density at radius 3 is 2.61 bits per heavy atom. The maximum Gasteiger partial charge on any atom is 0.270 e. The lowest BCUT2D eigenvalue weighted by molar-refractivity contribution is -0.384. The molecule has 9 heteroatoms. The van der Waals surface area contributed by atoms with Gasteiger partial charge in [0, 0.05) is 35.7 Å². The molecule has 0 bridgehead atoms. The molecule has 188 valence electrons. The molecule has 8 nitrogen and oxygen atoms in total. The van der Waals surface area contributed by atoms with Gasteiger partial charge in [0.1, 0.15) is 12.3 Å². The van der Waals surface area contributed by atoms with Crippen LogP contribution in [-0.2, 0) is 11.2 Å². The van der Waals surface area contributed by atoms with E-state index in [0.29, 0.717) is 13.1 Å². The molecule has 2 aromatic carbocycles. The molecule has 0 saturated heterocycles. The van der Waals surface area contributed by atoms with Crippen molar-refractivity contribution in [1.29, 1.82) is 0 Å². The monoisotopic (exact) mass is 507 g/mol. The summed E-state index contributed by atoms with van der Waals surface area (Å²) in [5.74, 6) is 0.299. The van der Waals surface area contributed by atoms with E-state index in [1.807, 2.05) is 48.4 Å². The molecule has 1 unspecified atom stereocenters. The summed E-state index contributed by atoms with van der Waals surface area (Å²) < 4.78 is 5.30. The number of hydrogen-bond acceptors (Lipinski definition) is 6. The lowest BCUT2D eigenvalue weighted by Crippen LogP contribution is -2.47. The van der Waals surface area contributed by atoms with E-state index in [2.05, 4.69) is 6.07 Å². The molecular weight excluding hydrogens is 478 g/mol. The topological polar surface area (TPSA) is 93.0 Å². The van der Waals surface area contributed by atoms with Gasteiger partial charge in [-0.15, -0.1) is 11.3 Å². The standard InChI is InChI=1S/C27H29N3O5S/c1-18(2)16-28(27(32)20-5-4-6-21(15-20)30(33)34)17-25(31)29-13-11-24-23(12-14-36-24)26(29)19-7-9-22(35-3)10-8-19/h4-10,12,14-15,18,26H,11,13,16-17H2,1-3H3. The molecule has 1 atom stereocenters. The van der Waals surface area contributed by atoms with Gasteiger partial charge in [-0.1, -0.05) is 32.0 Å². The van der Waals surface area contributed by atoms with Gasteiger partial charge in [-0.05, 0) is 53.1 Å². The number of ether oxygens (including phenoxy) is 1. The van der Waals surface area contributed by atoms with E-state index in [-0.39, 0.29) is 35.7 Å². The third-order valence-electron chi connectivity index (χ3n) is 6.22. The van der Waals surface area contributed by atoms with E-state index < -0.39 is 10.8 Å². The van der Waals surface area contributed by atoms with E-state index in [4.69, 9.17) is 4.74 Å². The van der Waals surface area contributed by atoms with Crippen LogP contribution in [-0.4, -0.2) is 53.3 Å². The van der Waals surface area contributed by atoms with Crippen LogP contribution >= 0.6 is 11.3 Å². The molecule has 0 aliphatic carbocycles. The summed E-state index contributed by atoms with van der Waals surface area (Å²) in [4.78, 5) is 42.4. The molecule has 0 N–H and O–H groups in total. The minimum atomic E-state index is -0.527. The molecule has 2 heterocycles. The Balaban J connectivity index is 1.62. The van der Waals surface area contributed by atoms with Crippen molar-refractivity contribution < 1.29 is 19.2 Å². The number of thiophene rings is 1. The number of benzene rings is 2. The Bertz CT molecular complexity index is 1250. The van der Waals surface area contributed by atoms with Crippen LogP contribution in [0.2, 0.25) is 0 Å². The minimum Gasteiger partial charge on any atom is -0.497 e. The Morgan fingerprint density at radius 2 is 1.94 bits per heavy atom. The van der Waals surface area contributed by atoms with E-state index in [1.54, 1.807) is 24.5 Å². The van der Waals surface area contributed by atoms with Gasteiger partial charge >= 0.3 is 0 Å². The first-order valence-corrected chi connectivity index (χ1v) is 12.7. The molecule has 1 aliphatic heterocycles. The van der Waals surface area contributed by atoms with Gasteiger partial charge in [0.25, 0.3) is 11.6 Å². The highest BCUT2D eigenvalue weighted by atomic mass is 32.1. The van der Waals surface area contributed by atoms with E-state index in [0.717, 1.165) is 23.3 Å². The molecule has 2 amide bonds. The first-order valence-electron chi connectivity index (χ1n) is 11.8. The fourth-order valence-electron chi connectivity index (χ4n) is 4.58. The summed E-state index contributed by atoms with van der Waals surface area (Å²) in [5.41, 5.74) is 2.12. The lowest BCUT2D eigenvalue weighted by atomic mass is 9.93. The van der Waals surface area contributed by atoms with Crippen LogP contribution in [0.4, 0.5) is 5.69 Å². The summed E-state index contributed by atoms with van der Waals surface area (Å²) >= 11 is 1.69. The maximum absolute atomic E-state index is 13.7. The van der Waals surface area contributed by atoms with Crippen molar-refractivity contribution in [1.82, 2.24) is 9.80 Å². The van der Waals surface area contributed by atoms with Gasteiger partial charge in [0.15, 0.2) is 0 Å². The molecule has 0 spiro atoms. The molecule has 4 rings (SSSR count). The molecule has 1 aliphatic rings.